The molecule has 0 radical (unpaired) electrons. The number of hydrogen-bond donors (Lipinski definition) is 2. The predicted molar refractivity (Wildman–Crippen MR) is 74.1 cm³/mol. The normalized spacial score (nSPS) is 13.3. The molecule has 1 amide bonds. The highest BCUT2D eigenvalue weighted by molar-refractivity contribution is 5.93. The number of carbonyl (C=O) groups is 1. The molecule has 4 nitrogen and oxygen atoms in total. The van der Waals surface area contributed by atoms with Gasteiger partial charge in [-0.1, -0.05) is 12.1 Å². The minimum Gasteiger partial charge on any atom is -0.382 e. The van der Waals surface area contributed by atoms with E-state index in [2.05, 4.69) is 5.32 Å². The van der Waals surface area contributed by atoms with Crippen LogP contribution in [0.2, 0.25) is 0 Å². The molecule has 0 aliphatic rings. The smallest absolute Gasteiger partial charge is 0.382 e. The lowest BCUT2D eigenvalue weighted by molar-refractivity contribution is -0.207. The molecule has 7 heteroatoms. The first kappa shape index (κ1) is 17.5. The first-order chi connectivity index (χ1) is 9.61. The highest BCUT2D eigenvalue weighted by Gasteiger charge is 2.38. The van der Waals surface area contributed by atoms with Gasteiger partial charge in [0.25, 0.3) is 0 Å². The Labute approximate surface area is 121 Å². The Morgan fingerprint density at radius 2 is 2.00 bits per heavy atom. The van der Waals surface area contributed by atoms with Crippen LogP contribution in [-0.4, -0.2) is 48.3 Å². The molecule has 0 aliphatic heterocycles. The number of nitrogens with zero attached hydrogens (tertiary/aromatic N) is 1. The number of aliphatic hydroxyl groups excluding tert-OH is 1. The summed E-state index contributed by atoms with van der Waals surface area (Å²) in [5.41, 5.74) is 2.54. The molecule has 0 aromatic heterocycles. The van der Waals surface area contributed by atoms with Crippen LogP contribution in [0.4, 0.5) is 18.9 Å². The van der Waals surface area contributed by atoms with Crippen molar-refractivity contribution in [2.45, 2.75) is 26.1 Å². The van der Waals surface area contributed by atoms with Crippen molar-refractivity contribution in [3.05, 3.63) is 29.3 Å². The van der Waals surface area contributed by atoms with Gasteiger partial charge >= 0.3 is 6.18 Å². The average Bonchev–Trinajstić information content (AvgIpc) is 2.33. The number of rotatable bonds is 5. The molecule has 0 saturated carbocycles. The van der Waals surface area contributed by atoms with Crippen molar-refractivity contribution < 1.29 is 23.1 Å². The van der Waals surface area contributed by atoms with Gasteiger partial charge in [-0.15, -0.1) is 0 Å². The summed E-state index contributed by atoms with van der Waals surface area (Å²) >= 11 is 0. The van der Waals surface area contributed by atoms with Gasteiger partial charge in [0.15, 0.2) is 6.10 Å². The van der Waals surface area contributed by atoms with Crippen molar-refractivity contribution in [1.29, 1.82) is 0 Å². The van der Waals surface area contributed by atoms with Crippen molar-refractivity contribution in [2.24, 2.45) is 0 Å². The Hall–Kier alpha value is -1.60. The van der Waals surface area contributed by atoms with E-state index in [9.17, 15) is 18.0 Å². The van der Waals surface area contributed by atoms with Gasteiger partial charge in [0.05, 0.1) is 6.54 Å². The van der Waals surface area contributed by atoms with Gasteiger partial charge in [-0.05, 0) is 38.1 Å². The quantitative estimate of drug-likeness (QED) is 0.876. The van der Waals surface area contributed by atoms with Gasteiger partial charge in [0, 0.05) is 12.2 Å². The lowest BCUT2D eigenvalue weighted by Gasteiger charge is -2.22. The number of anilines is 1. The van der Waals surface area contributed by atoms with E-state index in [1.165, 1.54) is 7.05 Å². The number of aliphatic hydroxyl groups is 1. The van der Waals surface area contributed by atoms with Gasteiger partial charge in [-0.2, -0.15) is 13.2 Å². The molecule has 1 atom stereocenters. The second-order valence-corrected chi connectivity index (χ2v) is 5.05. The van der Waals surface area contributed by atoms with E-state index in [-0.39, 0.29) is 6.54 Å². The van der Waals surface area contributed by atoms with Gasteiger partial charge in [0.1, 0.15) is 0 Å². The summed E-state index contributed by atoms with van der Waals surface area (Å²) in [6, 6.07) is 5.41. The zero-order valence-corrected chi connectivity index (χ0v) is 12.2. The number of benzene rings is 1. The largest absolute Gasteiger partial charge is 0.415 e. The summed E-state index contributed by atoms with van der Waals surface area (Å²) in [6.07, 6.45) is -7.14. The molecule has 1 unspecified atom stereocenters. The van der Waals surface area contributed by atoms with E-state index in [0.29, 0.717) is 5.69 Å². The SMILES string of the molecule is Cc1cccc(NC(=O)CN(C)CC(O)C(F)(F)F)c1C. The minimum absolute atomic E-state index is 0.236. The average molecular weight is 304 g/mol. The van der Waals surface area contributed by atoms with E-state index < -0.39 is 24.7 Å². The first-order valence-corrected chi connectivity index (χ1v) is 6.40. The van der Waals surface area contributed by atoms with Crippen LogP contribution in [0.15, 0.2) is 18.2 Å². The number of aryl methyl sites for hydroxylation is 1. The second kappa shape index (κ2) is 6.91. The zero-order chi connectivity index (χ0) is 16.2. The van der Waals surface area contributed by atoms with Crippen LogP contribution in [0.25, 0.3) is 0 Å². The number of nitrogens with one attached hydrogen (secondary N) is 1. The first-order valence-electron chi connectivity index (χ1n) is 6.40. The number of alkyl halides is 3. The summed E-state index contributed by atoms with van der Waals surface area (Å²) in [4.78, 5) is 12.9. The highest BCUT2D eigenvalue weighted by Crippen LogP contribution is 2.20. The fourth-order valence-electron chi connectivity index (χ4n) is 1.78. The van der Waals surface area contributed by atoms with Crippen molar-refractivity contribution in [3.63, 3.8) is 0 Å². The molecule has 0 fully saturated rings. The highest BCUT2D eigenvalue weighted by atomic mass is 19.4. The molecule has 118 valence electrons. The van der Waals surface area contributed by atoms with E-state index in [1.54, 1.807) is 12.1 Å². The molecule has 0 aliphatic carbocycles. The zero-order valence-electron chi connectivity index (χ0n) is 12.2. The third-order valence-corrected chi connectivity index (χ3v) is 3.15. The van der Waals surface area contributed by atoms with Crippen LogP contribution in [0.1, 0.15) is 11.1 Å². The summed E-state index contributed by atoms with van der Waals surface area (Å²) < 4.78 is 36.6. The molecule has 0 spiro atoms. The lowest BCUT2D eigenvalue weighted by Crippen LogP contribution is -2.42. The van der Waals surface area contributed by atoms with Gasteiger partial charge in [-0.25, -0.2) is 0 Å². The van der Waals surface area contributed by atoms with Gasteiger partial charge in [-0.3, -0.25) is 9.69 Å². The molecule has 21 heavy (non-hydrogen) atoms. The molecule has 0 heterocycles. The molecule has 1 aromatic rings. The maximum absolute atomic E-state index is 12.2. The Morgan fingerprint density at radius 3 is 2.57 bits per heavy atom. The van der Waals surface area contributed by atoms with Crippen molar-refractivity contribution in [1.82, 2.24) is 4.90 Å². The Balaban J connectivity index is 2.56. The third kappa shape index (κ3) is 5.35. The summed E-state index contributed by atoms with van der Waals surface area (Å²) in [5, 5.41) is 11.6. The molecule has 1 rings (SSSR count). The fourth-order valence-corrected chi connectivity index (χ4v) is 1.78. The van der Waals surface area contributed by atoms with Crippen molar-refractivity contribution >= 4 is 11.6 Å². The number of halogens is 3. The van der Waals surface area contributed by atoms with Gasteiger partial charge < -0.3 is 10.4 Å². The monoisotopic (exact) mass is 304 g/mol. The van der Waals surface area contributed by atoms with Crippen LogP contribution >= 0.6 is 0 Å². The Kier molecular flexibility index (Phi) is 5.74. The van der Waals surface area contributed by atoms with Crippen molar-refractivity contribution in [3.8, 4) is 0 Å². The molecule has 0 bridgehead atoms. The fraction of sp³-hybridized carbons (Fsp3) is 0.500. The van der Waals surface area contributed by atoms with Crippen LogP contribution in [0.5, 0.6) is 0 Å². The van der Waals surface area contributed by atoms with Crippen LogP contribution in [-0.2, 0) is 4.79 Å². The topological polar surface area (TPSA) is 52.6 Å². The summed E-state index contributed by atoms with van der Waals surface area (Å²) in [7, 11) is 1.34. The molecule has 1 aromatic carbocycles. The predicted octanol–water partition coefficient (Wildman–Crippen LogP) is 2.10. The van der Waals surface area contributed by atoms with E-state index in [0.717, 1.165) is 16.0 Å². The van der Waals surface area contributed by atoms with E-state index in [4.69, 9.17) is 5.11 Å². The maximum Gasteiger partial charge on any atom is 0.415 e. The minimum atomic E-state index is -4.68. The molecular weight excluding hydrogens is 285 g/mol. The number of hydrogen-bond acceptors (Lipinski definition) is 3. The molecule has 2 N–H and O–H groups in total. The number of likely N-dealkylation sites (N-methyl/N-ethyl adjacent to an activating group) is 1. The van der Waals surface area contributed by atoms with Crippen molar-refractivity contribution in [2.75, 3.05) is 25.5 Å². The third-order valence-electron chi connectivity index (χ3n) is 3.15. The van der Waals surface area contributed by atoms with Crippen LogP contribution < -0.4 is 5.32 Å². The lowest BCUT2D eigenvalue weighted by atomic mass is 10.1. The van der Waals surface area contributed by atoms with E-state index >= 15 is 0 Å². The van der Waals surface area contributed by atoms with E-state index in [1.807, 2.05) is 19.9 Å². The Morgan fingerprint density at radius 1 is 1.38 bits per heavy atom. The van der Waals surface area contributed by atoms with Crippen LogP contribution in [0.3, 0.4) is 0 Å². The Bertz CT molecular complexity index is 503. The molecule has 0 saturated heterocycles. The van der Waals surface area contributed by atoms with Gasteiger partial charge in [0.2, 0.25) is 5.91 Å². The maximum atomic E-state index is 12.2. The standard InChI is InChI=1S/C14H19F3N2O2/c1-9-5-4-6-11(10(9)2)18-13(21)8-19(3)7-12(20)14(15,16)17/h4-6,12,20H,7-8H2,1-3H3,(H,18,21). The number of carbonyl (C=O) groups excluding carboxylic acids is 1. The summed E-state index contributed by atoms with van der Waals surface area (Å²) in [5.74, 6) is -0.430. The molecular formula is C14H19F3N2O2. The van der Waals surface area contributed by atoms with Crippen LogP contribution in [0, 0.1) is 13.8 Å². The number of amides is 1. The summed E-state index contributed by atoms with van der Waals surface area (Å²) in [6.45, 7) is 2.86. The second-order valence-electron chi connectivity index (χ2n) is 5.05.